The monoisotopic (exact) mass is 341 g/mol. The Hall–Kier alpha value is -2.06. The second-order valence-electron chi connectivity index (χ2n) is 6.05. The van der Waals surface area contributed by atoms with Crippen LogP contribution in [0.3, 0.4) is 0 Å². The summed E-state index contributed by atoms with van der Waals surface area (Å²) in [7, 11) is 3.88. The summed E-state index contributed by atoms with van der Waals surface area (Å²) in [5.74, 6) is 0.0890. The van der Waals surface area contributed by atoms with Gasteiger partial charge in [0.15, 0.2) is 5.78 Å². The van der Waals surface area contributed by atoms with Gasteiger partial charge in [-0.2, -0.15) is 0 Å². The Morgan fingerprint density at radius 2 is 1.38 bits per heavy atom. The zero-order valence-electron chi connectivity index (χ0n) is 14.7. The van der Waals surface area contributed by atoms with Crippen molar-refractivity contribution in [3.8, 4) is 0 Å². The number of benzene rings is 2. The summed E-state index contributed by atoms with van der Waals surface area (Å²) >= 11 is 6.91. The first kappa shape index (κ1) is 18.3. The molecule has 0 atom stereocenters. The molecule has 0 aliphatic heterocycles. The first-order valence-corrected chi connectivity index (χ1v) is 8.52. The van der Waals surface area contributed by atoms with Crippen LogP contribution in [0.15, 0.2) is 71.4 Å². The van der Waals surface area contributed by atoms with E-state index in [2.05, 4.69) is 0 Å². The average Bonchev–Trinajstić information content (AvgIpc) is 2.63. The van der Waals surface area contributed by atoms with Crippen LogP contribution in [0.4, 0.5) is 0 Å². The smallest absolute Gasteiger partial charge is 0.152 e. The molecule has 0 saturated carbocycles. The number of ketones is 1. The van der Waals surface area contributed by atoms with Crippen molar-refractivity contribution < 1.29 is 4.79 Å². The summed E-state index contributed by atoms with van der Waals surface area (Å²) in [6.07, 6.45) is 0.403. The Morgan fingerprint density at radius 1 is 0.958 bits per heavy atom. The third kappa shape index (κ3) is 3.11. The largest absolute Gasteiger partial charge is 0.380 e. The quantitative estimate of drug-likeness (QED) is 0.738. The molecule has 2 aromatic rings. The number of Topliss-reactive ketones (excluding diaryl/α,β-unsaturated/α-hetero) is 1. The van der Waals surface area contributed by atoms with Crippen molar-refractivity contribution in [3.63, 3.8) is 0 Å². The maximum absolute atomic E-state index is 13.3. The molecule has 0 fully saturated rings. The molecule has 0 aliphatic rings. The van der Waals surface area contributed by atoms with Gasteiger partial charge < -0.3 is 4.90 Å². The highest BCUT2D eigenvalue weighted by atomic mass is 35.5. The minimum atomic E-state index is -0.979. The molecule has 0 N–H and O–H groups in total. The highest BCUT2D eigenvalue weighted by Crippen LogP contribution is 2.44. The molecular formula is C21H24ClNO. The molecule has 0 unspecified atom stereocenters. The van der Waals surface area contributed by atoms with Gasteiger partial charge in [-0.1, -0.05) is 79.2 Å². The van der Waals surface area contributed by atoms with Crippen LogP contribution in [0.2, 0.25) is 0 Å². The van der Waals surface area contributed by atoms with Gasteiger partial charge in [-0.15, -0.1) is 0 Å². The van der Waals surface area contributed by atoms with E-state index in [9.17, 15) is 4.79 Å². The van der Waals surface area contributed by atoms with Gasteiger partial charge in [0, 0.05) is 26.2 Å². The Labute approximate surface area is 149 Å². The van der Waals surface area contributed by atoms with Gasteiger partial charge in [0.2, 0.25) is 0 Å². The van der Waals surface area contributed by atoms with Crippen LogP contribution in [-0.4, -0.2) is 24.8 Å². The highest BCUT2D eigenvalue weighted by molar-refractivity contribution is 6.34. The van der Waals surface area contributed by atoms with Crippen LogP contribution in [0.5, 0.6) is 0 Å². The Bertz CT molecular complexity index is 681. The van der Waals surface area contributed by atoms with Crippen LogP contribution >= 0.6 is 11.6 Å². The van der Waals surface area contributed by atoms with E-state index in [1.165, 1.54) is 0 Å². The molecule has 0 spiro atoms. The summed E-state index contributed by atoms with van der Waals surface area (Å²) in [4.78, 5) is 15.2. The molecule has 24 heavy (non-hydrogen) atoms. The number of halogens is 1. The van der Waals surface area contributed by atoms with E-state index >= 15 is 0 Å². The van der Waals surface area contributed by atoms with Gasteiger partial charge in [-0.05, 0) is 18.1 Å². The number of carbonyl (C=O) groups is 1. The fourth-order valence-corrected chi connectivity index (χ4v) is 3.47. The minimum absolute atomic E-state index is 0.0890. The standard InChI is InChI=1S/C21H24ClNO/c1-5-19(24)21(17-12-8-6-9-13-17,18-14-10-7-11-15-18)20(22)16(2)23(3)4/h6-15H,5H2,1-4H3/b20-16-. The van der Waals surface area contributed by atoms with Crippen LogP contribution < -0.4 is 0 Å². The molecule has 2 aromatic carbocycles. The summed E-state index contributed by atoms with van der Waals surface area (Å²) in [5.41, 5.74) is 1.70. The van der Waals surface area contributed by atoms with E-state index < -0.39 is 5.41 Å². The molecular weight excluding hydrogens is 318 g/mol. The van der Waals surface area contributed by atoms with Crippen molar-refractivity contribution in [2.24, 2.45) is 0 Å². The van der Waals surface area contributed by atoms with Crippen molar-refractivity contribution in [1.82, 2.24) is 4.90 Å². The molecule has 0 heterocycles. The molecule has 0 saturated heterocycles. The summed E-state index contributed by atoms with van der Waals surface area (Å²) in [6.45, 7) is 3.84. The second kappa shape index (κ2) is 7.67. The summed E-state index contributed by atoms with van der Waals surface area (Å²) in [6, 6.07) is 19.6. The maximum Gasteiger partial charge on any atom is 0.152 e. The average molecular weight is 342 g/mol. The fraction of sp³-hybridized carbons (Fsp3) is 0.286. The van der Waals surface area contributed by atoms with Gasteiger partial charge in [0.1, 0.15) is 5.41 Å². The van der Waals surface area contributed by atoms with E-state index in [4.69, 9.17) is 11.6 Å². The molecule has 2 nitrogen and oxygen atoms in total. The molecule has 0 bridgehead atoms. The van der Waals surface area contributed by atoms with Crippen molar-refractivity contribution in [1.29, 1.82) is 0 Å². The lowest BCUT2D eigenvalue weighted by Gasteiger charge is -2.35. The zero-order chi connectivity index (χ0) is 17.7. The summed E-state index contributed by atoms with van der Waals surface area (Å²) < 4.78 is 0. The number of hydrogen-bond donors (Lipinski definition) is 0. The normalized spacial score (nSPS) is 12.5. The lowest BCUT2D eigenvalue weighted by molar-refractivity contribution is -0.121. The predicted octanol–water partition coefficient (Wildman–Crippen LogP) is 4.98. The lowest BCUT2D eigenvalue weighted by Crippen LogP contribution is -2.39. The van der Waals surface area contributed by atoms with Crippen LogP contribution in [-0.2, 0) is 10.2 Å². The van der Waals surface area contributed by atoms with E-state index in [0.29, 0.717) is 11.5 Å². The SMILES string of the molecule is CCC(=O)C(/C(Cl)=C(\C)N(C)C)(c1ccccc1)c1ccccc1. The van der Waals surface area contributed by atoms with Crippen molar-refractivity contribution in [2.45, 2.75) is 25.7 Å². The van der Waals surface area contributed by atoms with Crippen LogP contribution in [0, 0.1) is 0 Å². The molecule has 2 rings (SSSR count). The molecule has 126 valence electrons. The highest BCUT2D eigenvalue weighted by Gasteiger charge is 2.44. The van der Waals surface area contributed by atoms with Crippen LogP contribution in [0.1, 0.15) is 31.4 Å². The Morgan fingerprint density at radius 3 is 1.71 bits per heavy atom. The van der Waals surface area contributed by atoms with Crippen molar-refractivity contribution in [3.05, 3.63) is 82.5 Å². The van der Waals surface area contributed by atoms with Gasteiger partial charge in [0.25, 0.3) is 0 Å². The van der Waals surface area contributed by atoms with Gasteiger partial charge in [0.05, 0.1) is 5.03 Å². The minimum Gasteiger partial charge on any atom is -0.380 e. The third-order valence-electron chi connectivity index (χ3n) is 4.47. The predicted molar refractivity (Wildman–Crippen MR) is 101 cm³/mol. The lowest BCUT2D eigenvalue weighted by atomic mass is 9.69. The van der Waals surface area contributed by atoms with E-state index in [0.717, 1.165) is 16.8 Å². The number of nitrogens with zero attached hydrogens (tertiary/aromatic N) is 1. The van der Waals surface area contributed by atoms with Crippen LogP contribution in [0.25, 0.3) is 0 Å². The zero-order valence-corrected chi connectivity index (χ0v) is 15.5. The maximum atomic E-state index is 13.3. The number of carbonyl (C=O) groups excluding carboxylic acids is 1. The van der Waals surface area contributed by atoms with Crippen molar-refractivity contribution >= 4 is 17.4 Å². The third-order valence-corrected chi connectivity index (χ3v) is 5.03. The first-order valence-electron chi connectivity index (χ1n) is 8.14. The van der Waals surface area contributed by atoms with Gasteiger partial charge >= 0.3 is 0 Å². The van der Waals surface area contributed by atoms with Gasteiger partial charge in [-0.3, -0.25) is 4.79 Å². The van der Waals surface area contributed by atoms with E-state index in [-0.39, 0.29) is 5.78 Å². The van der Waals surface area contributed by atoms with E-state index in [1.807, 2.05) is 93.5 Å². The Kier molecular flexibility index (Phi) is 5.84. The topological polar surface area (TPSA) is 20.3 Å². The van der Waals surface area contributed by atoms with Gasteiger partial charge in [-0.25, -0.2) is 0 Å². The molecule has 0 aromatic heterocycles. The van der Waals surface area contributed by atoms with Crippen molar-refractivity contribution in [2.75, 3.05) is 14.1 Å². The number of allylic oxidation sites excluding steroid dienone is 2. The Balaban J connectivity index is 2.91. The molecule has 0 amide bonds. The molecule has 0 radical (unpaired) electrons. The summed E-state index contributed by atoms with van der Waals surface area (Å²) in [5, 5.41) is 0.553. The number of rotatable bonds is 6. The molecule has 0 aliphatic carbocycles. The first-order chi connectivity index (χ1) is 11.5. The second-order valence-corrected chi connectivity index (χ2v) is 6.43. The molecule has 3 heteroatoms. The van der Waals surface area contributed by atoms with E-state index in [1.54, 1.807) is 0 Å². The number of hydrogen-bond acceptors (Lipinski definition) is 2. The fourth-order valence-electron chi connectivity index (χ4n) is 2.97.